The van der Waals surface area contributed by atoms with E-state index >= 15 is 0 Å². The highest BCUT2D eigenvalue weighted by Gasteiger charge is 2.36. The van der Waals surface area contributed by atoms with E-state index < -0.39 is 0 Å². The molecule has 90 valence electrons. The molecule has 1 saturated heterocycles. The van der Waals surface area contributed by atoms with Crippen LogP contribution < -0.4 is 5.32 Å². The Labute approximate surface area is 96.4 Å². The molecule has 0 bridgehead atoms. The minimum absolute atomic E-state index is 0.119. The van der Waals surface area contributed by atoms with E-state index in [2.05, 4.69) is 5.32 Å². The Balaban J connectivity index is 1.74. The molecule has 2 rings (SSSR count). The maximum Gasteiger partial charge on any atom is 0.225 e. The summed E-state index contributed by atoms with van der Waals surface area (Å²) in [5.41, 5.74) is 0. The zero-order chi connectivity index (χ0) is 11.5. The third kappa shape index (κ3) is 2.74. The van der Waals surface area contributed by atoms with Crippen molar-refractivity contribution in [2.45, 2.75) is 45.1 Å². The normalized spacial score (nSPS) is 24.6. The van der Waals surface area contributed by atoms with Gasteiger partial charge in [-0.15, -0.1) is 0 Å². The predicted molar refractivity (Wildman–Crippen MR) is 60.8 cm³/mol. The summed E-state index contributed by atoms with van der Waals surface area (Å²) in [5, 5.41) is 2.99. The lowest BCUT2D eigenvalue weighted by Gasteiger charge is -2.16. The summed E-state index contributed by atoms with van der Waals surface area (Å²) in [5.74, 6) is 0.713. The molecule has 4 nitrogen and oxygen atoms in total. The molecule has 1 saturated carbocycles. The summed E-state index contributed by atoms with van der Waals surface area (Å²) in [6, 6.07) is 0.182. The first-order valence-corrected chi connectivity index (χ1v) is 6.29. The SMILES string of the molecule is CCCC(=O)NC1CCN(C(=O)C2CC2)C1. The highest BCUT2D eigenvalue weighted by atomic mass is 16.2. The molecule has 2 aliphatic rings. The van der Waals surface area contributed by atoms with E-state index in [0.717, 1.165) is 32.2 Å². The first kappa shape index (κ1) is 11.4. The second-order valence-electron chi connectivity index (χ2n) is 4.86. The van der Waals surface area contributed by atoms with Crippen molar-refractivity contribution in [1.82, 2.24) is 10.2 Å². The summed E-state index contributed by atoms with van der Waals surface area (Å²) >= 11 is 0. The van der Waals surface area contributed by atoms with Crippen molar-refractivity contribution in [3.05, 3.63) is 0 Å². The molecule has 1 unspecified atom stereocenters. The molecule has 0 radical (unpaired) electrons. The fourth-order valence-corrected chi connectivity index (χ4v) is 2.19. The van der Waals surface area contributed by atoms with Gasteiger partial charge in [0.25, 0.3) is 0 Å². The topological polar surface area (TPSA) is 49.4 Å². The van der Waals surface area contributed by atoms with Crippen molar-refractivity contribution in [2.24, 2.45) is 5.92 Å². The van der Waals surface area contributed by atoms with Gasteiger partial charge in [-0.3, -0.25) is 9.59 Å². The smallest absolute Gasteiger partial charge is 0.225 e. The van der Waals surface area contributed by atoms with E-state index in [-0.39, 0.29) is 11.9 Å². The fourth-order valence-electron chi connectivity index (χ4n) is 2.19. The predicted octanol–water partition coefficient (Wildman–Crippen LogP) is 0.914. The van der Waals surface area contributed by atoms with Crippen LogP contribution in [0.15, 0.2) is 0 Å². The fraction of sp³-hybridized carbons (Fsp3) is 0.833. The van der Waals surface area contributed by atoms with Crippen molar-refractivity contribution < 1.29 is 9.59 Å². The summed E-state index contributed by atoms with van der Waals surface area (Å²) in [6.07, 6.45) is 4.49. The van der Waals surface area contributed by atoms with Gasteiger partial charge in [-0.05, 0) is 25.7 Å². The van der Waals surface area contributed by atoms with Crippen LogP contribution in [-0.2, 0) is 9.59 Å². The first-order chi connectivity index (χ1) is 7.70. The molecule has 1 aliphatic carbocycles. The standard InChI is InChI=1S/C12H20N2O2/c1-2-3-11(15)13-10-6-7-14(8-10)12(16)9-4-5-9/h9-10H,2-8H2,1H3,(H,13,15). The number of carbonyl (C=O) groups is 2. The molecule has 1 heterocycles. The van der Waals surface area contributed by atoms with E-state index in [9.17, 15) is 9.59 Å². The Bertz CT molecular complexity index is 287. The summed E-state index contributed by atoms with van der Waals surface area (Å²) in [4.78, 5) is 25.1. The Morgan fingerprint density at radius 2 is 2.06 bits per heavy atom. The van der Waals surface area contributed by atoms with E-state index in [1.54, 1.807) is 0 Å². The number of rotatable bonds is 4. The molecule has 16 heavy (non-hydrogen) atoms. The van der Waals surface area contributed by atoms with Crippen LogP contribution in [0.5, 0.6) is 0 Å². The molecule has 1 atom stereocenters. The van der Waals surface area contributed by atoms with Crippen LogP contribution in [-0.4, -0.2) is 35.8 Å². The number of hydrogen-bond acceptors (Lipinski definition) is 2. The number of nitrogens with zero attached hydrogens (tertiary/aromatic N) is 1. The van der Waals surface area contributed by atoms with Crippen molar-refractivity contribution in [3.8, 4) is 0 Å². The molecular formula is C12H20N2O2. The average Bonchev–Trinajstić information content (AvgIpc) is 2.99. The van der Waals surface area contributed by atoms with Crippen LogP contribution in [0.2, 0.25) is 0 Å². The number of nitrogens with one attached hydrogen (secondary N) is 1. The molecule has 0 aromatic heterocycles. The van der Waals surface area contributed by atoms with Crippen molar-refractivity contribution in [2.75, 3.05) is 13.1 Å². The van der Waals surface area contributed by atoms with Crippen molar-refractivity contribution in [1.29, 1.82) is 0 Å². The molecule has 2 fully saturated rings. The van der Waals surface area contributed by atoms with Crippen LogP contribution >= 0.6 is 0 Å². The number of amides is 2. The lowest BCUT2D eigenvalue weighted by molar-refractivity contribution is -0.131. The monoisotopic (exact) mass is 224 g/mol. The van der Waals surface area contributed by atoms with Crippen LogP contribution in [0, 0.1) is 5.92 Å². The maximum absolute atomic E-state index is 11.8. The van der Waals surface area contributed by atoms with E-state index in [4.69, 9.17) is 0 Å². The highest BCUT2D eigenvalue weighted by molar-refractivity contribution is 5.81. The summed E-state index contributed by atoms with van der Waals surface area (Å²) in [7, 11) is 0. The highest BCUT2D eigenvalue weighted by Crippen LogP contribution is 2.32. The van der Waals surface area contributed by atoms with Crippen molar-refractivity contribution >= 4 is 11.8 Å². The Kier molecular flexibility index (Phi) is 3.46. The first-order valence-electron chi connectivity index (χ1n) is 6.29. The van der Waals surface area contributed by atoms with Gasteiger partial charge in [0.1, 0.15) is 0 Å². The Hall–Kier alpha value is -1.06. The summed E-state index contributed by atoms with van der Waals surface area (Å²) < 4.78 is 0. The molecule has 0 aromatic rings. The third-order valence-electron chi connectivity index (χ3n) is 3.27. The Morgan fingerprint density at radius 3 is 2.69 bits per heavy atom. The van der Waals surface area contributed by atoms with E-state index in [0.29, 0.717) is 24.8 Å². The zero-order valence-electron chi connectivity index (χ0n) is 9.87. The van der Waals surface area contributed by atoms with Crippen LogP contribution in [0.25, 0.3) is 0 Å². The van der Waals surface area contributed by atoms with Crippen LogP contribution in [0.1, 0.15) is 39.0 Å². The molecule has 0 aromatic carbocycles. The lowest BCUT2D eigenvalue weighted by Crippen LogP contribution is -2.38. The third-order valence-corrected chi connectivity index (χ3v) is 3.27. The average molecular weight is 224 g/mol. The van der Waals surface area contributed by atoms with Gasteiger partial charge >= 0.3 is 0 Å². The van der Waals surface area contributed by atoms with Gasteiger partial charge < -0.3 is 10.2 Å². The number of likely N-dealkylation sites (tertiary alicyclic amines) is 1. The number of carbonyl (C=O) groups excluding carboxylic acids is 2. The van der Waals surface area contributed by atoms with Gasteiger partial charge in [0, 0.05) is 31.5 Å². The molecule has 1 N–H and O–H groups in total. The van der Waals surface area contributed by atoms with Crippen LogP contribution in [0.4, 0.5) is 0 Å². The molecule has 1 aliphatic heterocycles. The minimum Gasteiger partial charge on any atom is -0.352 e. The maximum atomic E-state index is 11.8. The molecular weight excluding hydrogens is 204 g/mol. The number of hydrogen-bond donors (Lipinski definition) is 1. The quantitative estimate of drug-likeness (QED) is 0.771. The van der Waals surface area contributed by atoms with Gasteiger partial charge in [-0.25, -0.2) is 0 Å². The largest absolute Gasteiger partial charge is 0.352 e. The lowest BCUT2D eigenvalue weighted by atomic mass is 10.2. The van der Waals surface area contributed by atoms with Gasteiger partial charge in [0.15, 0.2) is 0 Å². The van der Waals surface area contributed by atoms with Gasteiger partial charge in [-0.1, -0.05) is 6.92 Å². The van der Waals surface area contributed by atoms with Gasteiger partial charge in [-0.2, -0.15) is 0 Å². The molecule has 2 amide bonds. The Morgan fingerprint density at radius 1 is 1.31 bits per heavy atom. The second-order valence-corrected chi connectivity index (χ2v) is 4.86. The van der Waals surface area contributed by atoms with Gasteiger partial charge in [0.2, 0.25) is 11.8 Å². The molecule has 4 heteroatoms. The van der Waals surface area contributed by atoms with E-state index in [1.165, 1.54) is 0 Å². The summed E-state index contributed by atoms with van der Waals surface area (Å²) in [6.45, 7) is 3.52. The van der Waals surface area contributed by atoms with E-state index in [1.807, 2.05) is 11.8 Å². The van der Waals surface area contributed by atoms with Crippen LogP contribution in [0.3, 0.4) is 0 Å². The van der Waals surface area contributed by atoms with Gasteiger partial charge in [0.05, 0.1) is 0 Å². The minimum atomic E-state index is 0.119. The second kappa shape index (κ2) is 4.85. The van der Waals surface area contributed by atoms with Crippen molar-refractivity contribution in [3.63, 3.8) is 0 Å². The molecule has 0 spiro atoms. The zero-order valence-corrected chi connectivity index (χ0v) is 9.87.